The van der Waals surface area contributed by atoms with Gasteiger partial charge >= 0.3 is 0 Å². The van der Waals surface area contributed by atoms with E-state index in [9.17, 15) is 28.4 Å². The average Bonchev–Trinajstić information content (AvgIpc) is 3.13. The topological polar surface area (TPSA) is 125 Å². The first-order valence-corrected chi connectivity index (χ1v) is 8.69. The Balaban J connectivity index is 1.94. The van der Waals surface area contributed by atoms with E-state index < -0.39 is 36.1 Å². The molecular weight excluding hydrogens is 371 g/mol. The molecule has 1 aromatic rings. The first-order chi connectivity index (χ1) is 13.3. The predicted octanol–water partition coefficient (Wildman–Crippen LogP) is -0.180. The molecular formula is C18H21FN4O5. The van der Waals surface area contributed by atoms with Gasteiger partial charge in [0.1, 0.15) is 18.1 Å². The third kappa shape index (κ3) is 5.35. The summed E-state index contributed by atoms with van der Waals surface area (Å²) in [7, 11) is 0. The van der Waals surface area contributed by atoms with Gasteiger partial charge in [0.05, 0.1) is 18.7 Å². The Labute approximate surface area is 160 Å². The highest BCUT2D eigenvalue weighted by atomic mass is 19.1. The molecule has 0 radical (unpaired) electrons. The van der Waals surface area contributed by atoms with Crippen LogP contribution in [0.4, 0.5) is 10.1 Å². The van der Waals surface area contributed by atoms with Crippen molar-refractivity contribution in [2.75, 3.05) is 25.0 Å². The summed E-state index contributed by atoms with van der Waals surface area (Å²) in [4.78, 5) is 59.2. The van der Waals surface area contributed by atoms with Gasteiger partial charge in [0.25, 0.3) is 5.91 Å². The summed E-state index contributed by atoms with van der Waals surface area (Å²) in [6.45, 7) is 1.09. The molecule has 1 fully saturated rings. The second-order valence-electron chi connectivity index (χ2n) is 6.22. The lowest BCUT2D eigenvalue weighted by Crippen LogP contribution is -2.49. The van der Waals surface area contributed by atoms with E-state index in [2.05, 4.69) is 16.0 Å². The molecule has 10 heteroatoms. The summed E-state index contributed by atoms with van der Waals surface area (Å²) in [5, 5.41) is 7.14. The molecule has 150 valence electrons. The maximum atomic E-state index is 14.1. The maximum absolute atomic E-state index is 14.1. The highest BCUT2D eigenvalue weighted by Gasteiger charge is 2.33. The number of benzene rings is 1. The predicted molar refractivity (Wildman–Crippen MR) is 96.8 cm³/mol. The normalized spacial score (nSPS) is 15.6. The summed E-state index contributed by atoms with van der Waals surface area (Å²) in [5.41, 5.74) is -0.0672. The van der Waals surface area contributed by atoms with Crippen molar-refractivity contribution in [3.05, 3.63) is 29.6 Å². The van der Waals surface area contributed by atoms with Crippen LogP contribution in [-0.4, -0.2) is 60.5 Å². The van der Waals surface area contributed by atoms with Crippen molar-refractivity contribution < 1.29 is 28.4 Å². The van der Waals surface area contributed by atoms with Gasteiger partial charge in [-0.05, 0) is 31.0 Å². The molecule has 0 aromatic heterocycles. The van der Waals surface area contributed by atoms with Gasteiger partial charge in [-0.25, -0.2) is 4.39 Å². The molecule has 28 heavy (non-hydrogen) atoms. The Bertz CT molecular complexity index is 798. The third-order valence-corrected chi connectivity index (χ3v) is 4.17. The van der Waals surface area contributed by atoms with Crippen molar-refractivity contribution in [1.82, 2.24) is 15.5 Å². The Kier molecular flexibility index (Phi) is 7.19. The average molecular weight is 392 g/mol. The van der Waals surface area contributed by atoms with Crippen LogP contribution < -0.4 is 16.0 Å². The lowest BCUT2D eigenvalue weighted by molar-refractivity contribution is -0.137. The SMILES string of the molecule is CC(=O)Nc1ccc(C(=O)NCC(=O)N2CCC[C@H]2C(=O)NCC=O)c(F)c1. The standard InChI is InChI=1S/C18H21FN4O5/c1-11(25)22-12-4-5-13(14(19)9-12)17(27)21-10-16(26)23-7-2-3-15(23)18(28)20-6-8-24/h4-5,8-9,15H,2-3,6-7,10H2,1H3,(H,20,28)(H,21,27)(H,22,25)/t15-/m0/s1. The fraction of sp³-hybridized carbons (Fsp3) is 0.389. The number of rotatable bonds is 7. The van der Waals surface area contributed by atoms with Crippen LogP contribution in [0.1, 0.15) is 30.1 Å². The van der Waals surface area contributed by atoms with Crippen molar-refractivity contribution in [3.8, 4) is 0 Å². The maximum Gasteiger partial charge on any atom is 0.254 e. The second kappa shape index (κ2) is 9.58. The van der Waals surface area contributed by atoms with Crippen molar-refractivity contribution in [2.24, 2.45) is 0 Å². The van der Waals surface area contributed by atoms with Crippen LogP contribution in [0.15, 0.2) is 18.2 Å². The summed E-state index contributed by atoms with van der Waals surface area (Å²) >= 11 is 0. The molecule has 2 rings (SSSR count). The minimum Gasteiger partial charge on any atom is -0.348 e. The number of hydrogen-bond donors (Lipinski definition) is 3. The van der Waals surface area contributed by atoms with Crippen LogP contribution in [0.3, 0.4) is 0 Å². The Morgan fingerprint density at radius 1 is 1.25 bits per heavy atom. The Morgan fingerprint density at radius 2 is 2.00 bits per heavy atom. The fourth-order valence-corrected chi connectivity index (χ4v) is 2.93. The van der Waals surface area contributed by atoms with E-state index in [1.54, 1.807) is 0 Å². The van der Waals surface area contributed by atoms with Gasteiger partial charge in [0.15, 0.2) is 0 Å². The molecule has 1 atom stereocenters. The number of hydrogen-bond acceptors (Lipinski definition) is 5. The van der Waals surface area contributed by atoms with Gasteiger partial charge in [-0.1, -0.05) is 0 Å². The molecule has 3 N–H and O–H groups in total. The smallest absolute Gasteiger partial charge is 0.254 e. The van der Waals surface area contributed by atoms with Crippen molar-refractivity contribution in [3.63, 3.8) is 0 Å². The van der Waals surface area contributed by atoms with Gasteiger partial charge in [0, 0.05) is 19.2 Å². The summed E-state index contributed by atoms with van der Waals surface area (Å²) in [6.07, 6.45) is 1.63. The number of nitrogens with one attached hydrogen (secondary N) is 3. The van der Waals surface area contributed by atoms with Crippen LogP contribution in [0.2, 0.25) is 0 Å². The van der Waals surface area contributed by atoms with Crippen molar-refractivity contribution in [1.29, 1.82) is 0 Å². The van der Waals surface area contributed by atoms with Gasteiger partial charge in [-0.3, -0.25) is 19.2 Å². The number of carbonyl (C=O) groups excluding carboxylic acids is 5. The van der Waals surface area contributed by atoms with E-state index in [0.29, 0.717) is 25.7 Å². The zero-order valence-corrected chi connectivity index (χ0v) is 15.3. The molecule has 4 amide bonds. The molecule has 1 aromatic carbocycles. The molecule has 0 unspecified atom stereocenters. The zero-order valence-electron chi connectivity index (χ0n) is 15.3. The Morgan fingerprint density at radius 3 is 2.64 bits per heavy atom. The van der Waals surface area contributed by atoms with E-state index in [0.717, 1.165) is 6.07 Å². The van der Waals surface area contributed by atoms with E-state index in [1.165, 1.54) is 24.0 Å². The lowest BCUT2D eigenvalue weighted by Gasteiger charge is -2.23. The molecule has 1 heterocycles. The highest BCUT2D eigenvalue weighted by molar-refractivity contribution is 5.98. The highest BCUT2D eigenvalue weighted by Crippen LogP contribution is 2.18. The molecule has 1 saturated heterocycles. The quantitative estimate of drug-likeness (QED) is 0.555. The molecule has 0 spiro atoms. The van der Waals surface area contributed by atoms with Crippen LogP contribution in [-0.2, 0) is 19.2 Å². The van der Waals surface area contributed by atoms with Gasteiger partial charge in [0.2, 0.25) is 17.7 Å². The molecule has 0 aliphatic carbocycles. The first-order valence-electron chi connectivity index (χ1n) is 8.69. The number of carbonyl (C=O) groups is 5. The third-order valence-electron chi connectivity index (χ3n) is 4.17. The number of amides is 4. The monoisotopic (exact) mass is 392 g/mol. The zero-order chi connectivity index (χ0) is 20.7. The number of aldehydes is 1. The second-order valence-corrected chi connectivity index (χ2v) is 6.22. The summed E-state index contributed by atoms with van der Waals surface area (Å²) < 4.78 is 14.1. The largest absolute Gasteiger partial charge is 0.348 e. The summed E-state index contributed by atoms with van der Waals surface area (Å²) in [5.74, 6) is -2.92. The lowest BCUT2D eigenvalue weighted by atomic mass is 10.1. The van der Waals surface area contributed by atoms with E-state index in [1.807, 2.05) is 0 Å². The van der Waals surface area contributed by atoms with Crippen molar-refractivity contribution >= 4 is 35.6 Å². The van der Waals surface area contributed by atoms with Crippen LogP contribution in [0.25, 0.3) is 0 Å². The number of likely N-dealkylation sites (tertiary alicyclic amines) is 1. The van der Waals surface area contributed by atoms with Gasteiger partial charge < -0.3 is 25.6 Å². The fourth-order valence-electron chi connectivity index (χ4n) is 2.93. The number of anilines is 1. The van der Waals surface area contributed by atoms with Crippen molar-refractivity contribution in [2.45, 2.75) is 25.8 Å². The van der Waals surface area contributed by atoms with Crippen LogP contribution in [0, 0.1) is 5.82 Å². The minimum atomic E-state index is -0.844. The Hall–Kier alpha value is -3.30. The molecule has 1 aliphatic heterocycles. The molecule has 0 saturated carbocycles. The van der Waals surface area contributed by atoms with Crippen LogP contribution >= 0.6 is 0 Å². The van der Waals surface area contributed by atoms with E-state index in [4.69, 9.17) is 0 Å². The number of nitrogens with zero attached hydrogens (tertiary/aromatic N) is 1. The molecule has 1 aliphatic rings. The van der Waals surface area contributed by atoms with E-state index >= 15 is 0 Å². The van der Waals surface area contributed by atoms with Gasteiger partial charge in [-0.2, -0.15) is 0 Å². The number of halogens is 1. The first kappa shape index (κ1) is 21.0. The molecule has 9 nitrogen and oxygen atoms in total. The van der Waals surface area contributed by atoms with Gasteiger partial charge in [-0.15, -0.1) is 0 Å². The van der Waals surface area contributed by atoms with Crippen LogP contribution in [0.5, 0.6) is 0 Å². The summed E-state index contributed by atoms with van der Waals surface area (Å²) in [6, 6.07) is 2.88. The van der Waals surface area contributed by atoms with E-state index in [-0.39, 0.29) is 23.7 Å². The molecule has 0 bridgehead atoms. The minimum absolute atomic E-state index is 0.137.